The van der Waals surface area contributed by atoms with Crippen LogP contribution in [-0.4, -0.2) is 44.7 Å². The molecule has 1 aromatic rings. The summed E-state index contributed by atoms with van der Waals surface area (Å²) in [5.74, 6) is 0.527. The molecule has 1 aromatic carbocycles. The fourth-order valence-electron chi connectivity index (χ4n) is 5.74. The molecule has 0 aliphatic carbocycles. The minimum Gasteiger partial charge on any atom is -0.511 e. The van der Waals surface area contributed by atoms with E-state index in [0.717, 1.165) is 74.0 Å². The number of rotatable bonds is 27. The predicted octanol–water partition coefficient (Wildman–Crippen LogP) is 10.4. The molecule has 1 rings (SSSR count). The fraction of sp³-hybridized carbons (Fsp3) is 0.824. The highest BCUT2D eigenvalue weighted by molar-refractivity contribution is 6.37. The molecule has 0 heterocycles. The fourth-order valence-corrected chi connectivity index (χ4v) is 5.74. The van der Waals surface area contributed by atoms with Crippen LogP contribution in [0.2, 0.25) is 0 Å². The largest absolute Gasteiger partial charge is 0.713 e. The van der Waals surface area contributed by atoms with Gasteiger partial charge in [-0.15, -0.1) is 0 Å². The maximum Gasteiger partial charge on any atom is 0.713 e. The molecule has 0 bridgehead atoms. The molecule has 40 heavy (non-hydrogen) atoms. The zero-order valence-corrected chi connectivity index (χ0v) is 27.3. The summed E-state index contributed by atoms with van der Waals surface area (Å²) in [5.41, 5.74) is 0.985. The van der Waals surface area contributed by atoms with Gasteiger partial charge in [0.05, 0.1) is 25.2 Å². The Bertz CT molecular complexity index is 699. The van der Waals surface area contributed by atoms with Crippen LogP contribution >= 0.6 is 0 Å². The number of nitrogens with zero attached hydrogens (tertiary/aromatic N) is 1. The Hall–Kier alpha value is -1.11. The van der Waals surface area contributed by atoms with Gasteiger partial charge in [0, 0.05) is 19.6 Å². The van der Waals surface area contributed by atoms with Crippen molar-refractivity contribution in [3.05, 3.63) is 29.6 Å². The first-order valence-corrected chi connectivity index (χ1v) is 17.1. The number of hydrogen-bond donors (Lipinski definition) is 0. The van der Waals surface area contributed by atoms with Crippen LogP contribution in [0.15, 0.2) is 18.2 Å². The van der Waals surface area contributed by atoms with Crippen LogP contribution in [0.3, 0.4) is 0 Å². The molecule has 0 aliphatic heterocycles. The molecular formula is C34H64BFNO3+. The first kappa shape index (κ1) is 36.9. The van der Waals surface area contributed by atoms with E-state index in [2.05, 4.69) is 41.5 Å². The summed E-state index contributed by atoms with van der Waals surface area (Å²) >= 11 is 0. The van der Waals surface area contributed by atoms with Gasteiger partial charge < -0.3 is 18.4 Å². The zero-order chi connectivity index (χ0) is 29.5. The van der Waals surface area contributed by atoms with Gasteiger partial charge in [0.15, 0.2) is 0 Å². The summed E-state index contributed by atoms with van der Waals surface area (Å²) in [7, 11) is -0.765. The molecule has 1 atom stereocenters. The summed E-state index contributed by atoms with van der Waals surface area (Å²) in [6.07, 6.45) is 18.2. The van der Waals surface area contributed by atoms with Gasteiger partial charge >= 0.3 is 7.32 Å². The average Bonchev–Trinajstić information content (AvgIpc) is 2.96. The van der Waals surface area contributed by atoms with E-state index in [1.54, 1.807) is 6.07 Å². The Morgan fingerprint density at radius 3 is 1.60 bits per heavy atom. The first-order valence-electron chi connectivity index (χ1n) is 17.1. The number of benzene rings is 1. The Labute approximate surface area is 248 Å². The molecule has 0 radical (unpaired) electrons. The lowest BCUT2D eigenvalue weighted by Gasteiger charge is -2.46. The first-order chi connectivity index (χ1) is 19.5. The summed E-state index contributed by atoms with van der Waals surface area (Å²) in [6, 6.07) is 5.27. The third-order valence-corrected chi connectivity index (χ3v) is 8.15. The van der Waals surface area contributed by atoms with E-state index in [-0.39, 0.29) is 11.9 Å². The molecule has 0 N–H and O–H groups in total. The van der Waals surface area contributed by atoms with E-state index in [4.69, 9.17) is 14.0 Å². The van der Waals surface area contributed by atoms with Gasteiger partial charge in [0.1, 0.15) is 17.6 Å². The molecule has 0 aromatic heterocycles. The van der Waals surface area contributed by atoms with E-state index in [1.165, 1.54) is 70.3 Å². The topological polar surface area (TPSA) is 27.7 Å². The second kappa shape index (κ2) is 23.5. The van der Waals surface area contributed by atoms with Gasteiger partial charge in [0.25, 0.3) is 0 Å². The van der Waals surface area contributed by atoms with Crippen molar-refractivity contribution in [2.75, 3.05) is 32.8 Å². The average molecular weight is 565 g/mol. The summed E-state index contributed by atoms with van der Waals surface area (Å²) in [5, 5.41) is 0. The van der Waals surface area contributed by atoms with E-state index < -0.39 is 7.32 Å². The van der Waals surface area contributed by atoms with Crippen molar-refractivity contribution >= 4 is 7.32 Å². The van der Waals surface area contributed by atoms with E-state index >= 15 is 0 Å². The lowest BCUT2D eigenvalue weighted by molar-refractivity contribution is -0.958. The van der Waals surface area contributed by atoms with E-state index in [9.17, 15) is 4.39 Å². The van der Waals surface area contributed by atoms with Crippen molar-refractivity contribution in [2.45, 2.75) is 150 Å². The van der Waals surface area contributed by atoms with Gasteiger partial charge in [-0.2, -0.15) is 0 Å². The van der Waals surface area contributed by atoms with Crippen molar-refractivity contribution in [1.82, 2.24) is 0 Å². The van der Waals surface area contributed by atoms with Crippen LogP contribution in [-0.2, 0) is 9.31 Å². The van der Waals surface area contributed by atoms with Crippen LogP contribution in [0.4, 0.5) is 4.39 Å². The maximum absolute atomic E-state index is 14.9. The van der Waals surface area contributed by atoms with Crippen LogP contribution < -0.4 is 4.65 Å². The zero-order valence-electron chi connectivity index (χ0n) is 27.3. The molecule has 0 fully saturated rings. The minimum atomic E-state index is -0.765. The van der Waals surface area contributed by atoms with Gasteiger partial charge in [-0.25, -0.2) is 4.39 Å². The Morgan fingerprint density at radius 1 is 0.650 bits per heavy atom. The second-order valence-corrected chi connectivity index (χ2v) is 11.7. The monoisotopic (exact) mass is 564 g/mol. The molecular weight excluding hydrogens is 500 g/mol. The van der Waals surface area contributed by atoms with Gasteiger partial charge in [-0.1, -0.05) is 106 Å². The highest BCUT2D eigenvalue weighted by atomic mass is 19.1. The van der Waals surface area contributed by atoms with Gasteiger partial charge in [-0.3, -0.25) is 0 Å². The molecule has 6 heteroatoms. The minimum absolute atomic E-state index is 0.190. The number of quaternary nitrogens is 1. The van der Waals surface area contributed by atoms with Crippen molar-refractivity contribution < 1.29 is 22.8 Å². The van der Waals surface area contributed by atoms with E-state index in [0.29, 0.717) is 13.2 Å². The highest BCUT2D eigenvalue weighted by Crippen LogP contribution is 2.40. The smallest absolute Gasteiger partial charge is 0.511 e. The molecule has 0 saturated heterocycles. The van der Waals surface area contributed by atoms with Crippen LogP contribution in [0.25, 0.3) is 0 Å². The van der Waals surface area contributed by atoms with Crippen LogP contribution in [0.5, 0.6) is 5.75 Å². The van der Waals surface area contributed by atoms with E-state index in [1.807, 2.05) is 6.07 Å². The van der Waals surface area contributed by atoms with Crippen molar-refractivity contribution in [3.63, 3.8) is 0 Å². The maximum atomic E-state index is 14.9. The number of hydrogen-bond acceptors (Lipinski definition) is 3. The SMILES string of the molecule is CCCCCCOB(OCCCCCC)Oc1ccc(F)cc1C(CCC)[N+](CCCC)(CCCC)CCCC. The summed E-state index contributed by atoms with van der Waals surface area (Å²) in [6.45, 7) is 18.1. The second-order valence-electron chi connectivity index (χ2n) is 11.7. The number of halogens is 1. The molecule has 232 valence electrons. The Morgan fingerprint density at radius 2 is 1.15 bits per heavy atom. The van der Waals surface area contributed by atoms with Crippen LogP contribution in [0, 0.1) is 5.82 Å². The quantitative estimate of drug-likeness (QED) is 0.0604. The molecule has 0 spiro atoms. The predicted molar refractivity (Wildman–Crippen MR) is 170 cm³/mol. The third-order valence-electron chi connectivity index (χ3n) is 8.15. The van der Waals surface area contributed by atoms with Gasteiger partial charge in [-0.05, 0) is 50.3 Å². The molecule has 0 aliphatic rings. The molecule has 1 unspecified atom stereocenters. The molecule has 4 nitrogen and oxygen atoms in total. The Balaban J connectivity index is 3.36. The highest BCUT2D eigenvalue weighted by Gasteiger charge is 2.39. The standard InChI is InChI=1S/C34H64BFNO3/c1-7-13-18-20-28-38-35(39-29-21-19-14-8-2)40-34-24-23-31(36)30-32(34)33(22-12-6)37(25-15-9-3,26-16-10-4)27-17-11-5/h23-24,30,33H,7-22,25-29H2,1-6H3/q+1. The Kier molecular flexibility index (Phi) is 21.7. The lowest BCUT2D eigenvalue weighted by atomic mass is 9.94. The van der Waals surface area contributed by atoms with Crippen molar-refractivity contribution in [1.29, 1.82) is 0 Å². The summed E-state index contributed by atoms with van der Waals surface area (Å²) in [4.78, 5) is 0. The molecule has 0 amide bonds. The van der Waals surface area contributed by atoms with Crippen molar-refractivity contribution in [3.8, 4) is 5.75 Å². The van der Waals surface area contributed by atoms with Gasteiger partial charge in [0.2, 0.25) is 0 Å². The normalized spacial score (nSPS) is 12.6. The van der Waals surface area contributed by atoms with Crippen LogP contribution in [0.1, 0.15) is 156 Å². The third kappa shape index (κ3) is 14.2. The number of unbranched alkanes of at least 4 members (excludes halogenated alkanes) is 9. The molecule has 0 saturated carbocycles. The lowest BCUT2D eigenvalue weighted by Crippen LogP contribution is -2.52. The van der Waals surface area contributed by atoms with Crippen molar-refractivity contribution in [2.24, 2.45) is 0 Å². The summed E-state index contributed by atoms with van der Waals surface area (Å²) < 4.78 is 34.8.